The van der Waals surface area contributed by atoms with E-state index in [-0.39, 0.29) is 6.04 Å². The van der Waals surface area contributed by atoms with Crippen LogP contribution >= 0.6 is 11.3 Å². The van der Waals surface area contributed by atoms with Gasteiger partial charge in [-0.15, -0.1) is 11.3 Å². The number of aromatic nitrogens is 2. The van der Waals surface area contributed by atoms with Crippen LogP contribution in [0.5, 0.6) is 0 Å². The summed E-state index contributed by atoms with van der Waals surface area (Å²) in [4.78, 5) is 10.6. The van der Waals surface area contributed by atoms with Crippen molar-refractivity contribution in [3.8, 4) is 0 Å². The molecule has 0 radical (unpaired) electrons. The Balaban J connectivity index is 2.27. The van der Waals surface area contributed by atoms with Crippen molar-refractivity contribution in [1.29, 1.82) is 0 Å². The van der Waals surface area contributed by atoms with Gasteiger partial charge in [0.15, 0.2) is 0 Å². The van der Waals surface area contributed by atoms with Crippen LogP contribution in [0.15, 0.2) is 17.5 Å². The molecule has 21 heavy (non-hydrogen) atoms. The summed E-state index contributed by atoms with van der Waals surface area (Å²) >= 11 is 1.76. The monoisotopic (exact) mass is 304 g/mol. The van der Waals surface area contributed by atoms with Crippen LogP contribution in [0, 0.1) is 6.92 Å². The van der Waals surface area contributed by atoms with Gasteiger partial charge in [0.1, 0.15) is 17.5 Å². The van der Waals surface area contributed by atoms with Crippen LogP contribution in [0.2, 0.25) is 0 Å². The molecule has 0 aliphatic carbocycles. The summed E-state index contributed by atoms with van der Waals surface area (Å²) in [6.07, 6.45) is 1.95. The van der Waals surface area contributed by atoms with Crippen molar-refractivity contribution in [2.45, 2.75) is 46.6 Å². The summed E-state index contributed by atoms with van der Waals surface area (Å²) < 4.78 is 0. The lowest BCUT2D eigenvalue weighted by Gasteiger charge is -2.18. The number of nitrogens with one attached hydrogen (secondary N) is 2. The van der Waals surface area contributed by atoms with Crippen molar-refractivity contribution in [3.05, 3.63) is 33.8 Å². The van der Waals surface area contributed by atoms with Gasteiger partial charge in [-0.3, -0.25) is 0 Å². The first-order valence-electron chi connectivity index (χ1n) is 7.57. The second-order valence-corrected chi connectivity index (χ2v) is 6.10. The van der Waals surface area contributed by atoms with E-state index in [1.807, 2.05) is 0 Å². The topological polar surface area (TPSA) is 49.8 Å². The van der Waals surface area contributed by atoms with Crippen LogP contribution in [-0.2, 0) is 6.42 Å². The maximum absolute atomic E-state index is 4.70. The summed E-state index contributed by atoms with van der Waals surface area (Å²) in [6.45, 7) is 9.33. The van der Waals surface area contributed by atoms with Crippen LogP contribution in [0.3, 0.4) is 0 Å². The summed E-state index contributed by atoms with van der Waals surface area (Å²) in [5.74, 6) is 2.78. The summed E-state index contributed by atoms with van der Waals surface area (Å²) in [5.41, 5.74) is 1.08. The van der Waals surface area contributed by atoms with Gasteiger partial charge in [-0.25, -0.2) is 9.97 Å². The quantitative estimate of drug-likeness (QED) is 0.796. The van der Waals surface area contributed by atoms with Gasteiger partial charge in [0, 0.05) is 23.4 Å². The van der Waals surface area contributed by atoms with Gasteiger partial charge in [-0.2, -0.15) is 0 Å². The number of aryl methyl sites for hydroxylation is 1. The number of hydrogen-bond acceptors (Lipinski definition) is 5. The van der Waals surface area contributed by atoms with E-state index in [9.17, 15) is 0 Å². The van der Waals surface area contributed by atoms with Crippen LogP contribution in [0.1, 0.15) is 49.5 Å². The van der Waals surface area contributed by atoms with E-state index < -0.39 is 0 Å². The Morgan fingerprint density at radius 2 is 2.00 bits per heavy atom. The Hall–Kier alpha value is -1.62. The Labute approximate surface area is 131 Å². The molecule has 0 amide bonds. The standard InChI is InChI=1S/C16H24N4S/c1-5-8-14-19-15(17-6-2)11(3)16(20-14)18-12(4)13-9-7-10-21-13/h7,9-10,12H,5-6,8H2,1-4H3,(H2,17,18,19,20). The molecule has 2 aromatic rings. The predicted molar refractivity (Wildman–Crippen MR) is 91.3 cm³/mol. The van der Waals surface area contributed by atoms with Gasteiger partial charge < -0.3 is 10.6 Å². The maximum atomic E-state index is 4.70. The van der Waals surface area contributed by atoms with Crippen LogP contribution in [-0.4, -0.2) is 16.5 Å². The van der Waals surface area contributed by atoms with Crippen molar-refractivity contribution in [2.24, 2.45) is 0 Å². The zero-order valence-corrected chi connectivity index (χ0v) is 14.0. The van der Waals surface area contributed by atoms with Crippen molar-refractivity contribution in [1.82, 2.24) is 9.97 Å². The van der Waals surface area contributed by atoms with Crippen molar-refractivity contribution in [3.63, 3.8) is 0 Å². The highest BCUT2D eigenvalue weighted by molar-refractivity contribution is 7.10. The minimum atomic E-state index is 0.252. The molecule has 2 rings (SSSR count). The Kier molecular flexibility index (Phi) is 5.56. The predicted octanol–water partition coefficient (Wildman–Crippen LogP) is 4.40. The lowest BCUT2D eigenvalue weighted by Crippen LogP contribution is -2.13. The summed E-state index contributed by atoms with van der Waals surface area (Å²) in [5, 5.41) is 8.97. The van der Waals surface area contributed by atoms with Gasteiger partial charge >= 0.3 is 0 Å². The molecule has 2 N–H and O–H groups in total. The normalized spacial score (nSPS) is 12.2. The van der Waals surface area contributed by atoms with Crippen LogP contribution < -0.4 is 10.6 Å². The average molecular weight is 304 g/mol. The Morgan fingerprint density at radius 1 is 1.24 bits per heavy atom. The molecule has 1 atom stereocenters. The maximum Gasteiger partial charge on any atom is 0.135 e. The molecule has 0 saturated carbocycles. The smallest absolute Gasteiger partial charge is 0.135 e. The second kappa shape index (κ2) is 7.41. The van der Waals surface area contributed by atoms with Crippen molar-refractivity contribution < 1.29 is 0 Å². The third-order valence-corrected chi connectivity index (χ3v) is 4.39. The first-order chi connectivity index (χ1) is 10.2. The molecule has 0 bridgehead atoms. The minimum absolute atomic E-state index is 0.252. The lowest BCUT2D eigenvalue weighted by atomic mass is 10.2. The number of anilines is 2. The molecule has 0 aromatic carbocycles. The van der Waals surface area contributed by atoms with E-state index >= 15 is 0 Å². The van der Waals surface area contributed by atoms with E-state index in [1.54, 1.807) is 11.3 Å². The van der Waals surface area contributed by atoms with Crippen molar-refractivity contribution >= 4 is 23.0 Å². The fraction of sp³-hybridized carbons (Fsp3) is 0.500. The molecule has 0 aliphatic rings. The van der Waals surface area contributed by atoms with Gasteiger partial charge in [0.05, 0.1) is 6.04 Å². The molecule has 0 spiro atoms. The summed E-state index contributed by atoms with van der Waals surface area (Å²) in [7, 11) is 0. The SMILES string of the molecule is CCCc1nc(NCC)c(C)c(NC(C)c2cccs2)n1. The molecule has 1 unspecified atom stereocenters. The fourth-order valence-electron chi connectivity index (χ4n) is 2.19. The van der Waals surface area contributed by atoms with E-state index in [0.29, 0.717) is 0 Å². The van der Waals surface area contributed by atoms with Crippen molar-refractivity contribution in [2.75, 3.05) is 17.2 Å². The van der Waals surface area contributed by atoms with Gasteiger partial charge in [0.2, 0.25) is 0 Å². The molecular formula is C16H24N4S. The third kappa shape index (κ3) is 3.94. The second-order valence-electron chi connectivity index (χ2n) is 5.12. The van der Waals surface area contributed by atoms with Gasteiger partial charge in [0.25, 0.3) is 0 Å². The Morgan fingerprint density at radius 3 is 2.62 bits per heavy atom. The van der Waals surface area contributed by atoms with Gasteiger partial charge in [-0.05, 0) is 38.6 Å². The number of hydrogen-bond donors (Lipinski definition) is 2. The van der Waals surface area contributed by atoms with E-state index in [0.717, 1.165) is 42.4 Å². The zero-order valence-electron chi connectivity index (χ0n) is 13.2. The number of thiophene rings is 1. The average Bonchev–Trinajstić information content (AvgIpc) is 2.98. The minimum Gasteiger partial charge on any atom is -0.370 e. The first-order valence-corrected chi connectivity index (χ1v) is 8.45. The molecule has 0 saturated heterocycles. The lowest BCUT2D eigenvalue weighted by molar-refractivity contribution is 0.818. The van der Waals surface area contributed by atoms with E-state index in [4.69, 9.17) is 4.98 Å². The highest BCUT2D eigenvalue weighted by atomic mass is 32.1. The third-order valence-electron chi connectivity index (χ3n) is 3.33. The summed E-state index contributed by atoms with van der Waals surface area (Å²) in [6, 6.07) is 4.48. The van der Waals surface area contributed by atoms with Crippen LogP contribution in [0.25, 0.3) is 0 Å². The fourth-order valence-corrected chi connectivity index (χ4v) is 2.93. The molecule has 114 valence electrons. The highest BCUT2D eigenvalue weighted by Gasteiger charge is 2.13. The van der Waals surface area contributed by atoms with Gasteiger partial charge in [-0.1, -0.05) is 13.0 Å². The van der Waals surface area contributed by atoms with E-state index in [1.165, 1.54) is 4.88 Å². The molecule has 4 nitrogen and oxygen atoms in total. The number of nitrogens with zero attached hydrogens (tertiary/aromatic N) is 2. The number of rotatable bonds is 7. The first kappa shape index (κ1) is 15.8. The largest absolute Gasteiger partial charge is 0.370 e. The Bertz CT molecular complexity index is 566. The zero-order chi connectivity index (χ0) is 15.2. The molecule has 2 heterocycles. The van der Waals surface area contributed by atoms with Crippen LogP contribution in [0.4, 0.5) is 11.6 Å². The van der Waals surface area contributed by atoms with E-state index in [2.05, 4.69) is 60.8 Å². The molecular weight excluding hydrogens is 280 g/mol. The molecule has 2 aromatic heterocycles. The highest BCUT2D eigenvalue weighted by Crippen LogP contribution is 2.26. The molecule has 0 aliphatic heterocycles. The molecule has 0 fully saturated rings. The molecule has 5 heteroatoms.